The lowest BCUT2D eigenvalue weighted by Crippen LogP contribution is -2.64. The van der Waals surface area contributed by atoms with Gasteiger partial charge in [-0.05, 0) is 23.7 Å². The number of aliphatic hydroxyl groups is 1. The Hall–Kier alpha value is -0.683. The molecular weight excluding hydrogens is 278 g/mol. The lowest BCUT2D eigenvalue weighted by Gasteiger charge is -2.48. The largest absolute Gasteiger partial charge is 0.414 e. The molecule has 118 valence electrons. The number of β-amino-alcohol motifs (C(OH)–C–C–N with tert-alkyl or cyclic N) is 1. The van der Waals surface area contributed by atoms with Crippen molar-refractivity contribution >= 4 is 8.32 Å². The van der Waals surface area contributed by atoms with Crippen LogP contribution in [0.2, 0.25) is 18.1 Å². The van der Waals surface area contributed by atoms with Crippen molar-refractivity contribution in [1.29, 1.82) is 0 Å². The number of hydrogen-bond donors (Lipinski definition) is 1. The maximum absolute atomic E-state index is 10.5. The Bertz CT molecular complexity index is 461. The summed E-state index contributed by atoms with van der Waals surface area (Å²) in [6.45, 7) is 13.9. The third-order valence-corrected chi connectivity index (χ3v) is 9.27. The average Bonchev–Trinajstić information content (AvgIpc) is 2.35. The fourth-order valence-corrected chi connectivity index (χ4v) is 3.42. The van der Waals surface area contributed by atoms with Gasteiger partial charge in [-0.25, -0.2) is 0 Å². The molecule has 0 radical (unpaired) electrons. The molecule has 0 bridgehead atoms. The number of benzene rings is 1. The molecule has 0 amide bonds. The standard InChI is InChI=1S/C17H29NO2Si/c1-16(2,3)21(4,5)20-14-17(19)12-18(13-17)11-15-9-7-6-8-10-15/h6-10,19H,11-14H2,1-5H3. The molecule has 1 N–H and O–H groups in total. The van der Waals surface area contributed by atoms with E-state index >= 15 is 0 Å². The second-order valence-electron chi connectivity index (χ2n) is 7.90. The highest BCUT2D eigenvalue weighted by Gasteiger charge is 2.45. The van der Waals surface area contributed by atoms with E-state index in [-0.39, 0.29) is 5.04 Å². The van der Waals surface area contributed by atoms with Gasteiger partial charge in [0.1, 0.15) is 5.60 Å². The van der Waals surface area contributed by atoms with E-state index in [4.69, 9.17) is 4.43 Å². The summed E-state index contributed by atoms with van der Waals surface area (Å²) >= 11 is 0. The van der Waals surface area contributed by atoms with Crippen LogP contribution in [0.15, 0.2) is 30.3 Å². The van der Waals surface area contributed by atoms with E-state index in [0.29, 0.717) is 19.7 Å². The highest BCUT2D eigenvalue weighted by atomic mass is 28.4. The number of hydrogen-bond acceptors (Lipinski definition) is 3. The van der Waals surface area contributed by atoms with Crippen molar-refractivity contribution in [2.24, 2.45) is 0 Å². The minimum Gasteiger partial charge on any atom is -0.414 e. The van der Waals surface area contributed by atoms with Crippen molar-refractivity contribution in [3.05, 3.63) is 35.9 Å². The van der Waals surface area contributed by atoms with Gasteiger partial charge >= 0.3 is 0 Å². The van der Waals surface area contributed by atoms with Gasteiger partial charge in [-0.3, -0.25) is 4.90 Å². The zero-order valence-corrected chi connectivity index (χ0v) is 15.0. The van der Waals surface area contributed by atoms with Crippen LogP contribution in [0.25, 0.3) is 0 Å². The van der Waals surface area contributed by atoms with Crippen LogP contribution in [0, 0.1) is 0 Å². The van der Waals surface area contributed by atoms with Gasteiger partial charge in [-0.1, -0.05) is 51.1 Å². The highest BCUT2D eigenvalue weighted by molar-refractivity contribution is 6.74. The Kier molecular flexibility index (Phi) is 4.64. The minimum absolute atomic E-state index is 0.191. The first-order valence-electron chi connectivity index (χ1n) is 7.74. The van der Waals surface area contributed by atoms with Crippen LogP contribution in [0.3, 0.4) is 0 Å². The van der Waals surface area contributed by atoms with Crippen molar-refractivity contribution in [2.75, 3.05) is 19.7 Å². The van der Waals surface area contributed by atoms with Crippen molar-refractivity contribution < 1.29 is 9.53 Å². The van der Waals surface area contributed by atoms with Gasteiger partial charge in [0.05, 0.1) is 6.61 Å². The fraction of sp³-hybridized carbons (Fsp3) is 0.647. The summed E-state index contributed by atoms with van der Waals surface area (Å²) in [7, 11) is -1.77. The SMILES string of the molecule is CC(C)(C)[Si](C)(C)OCC1(O)CN(Cc2ccccc2)C1. The fourth-order valence-electron chi connectivity index (χ4n) is 2.36. The molecule has 0 saturated carbocycles. The second kappa shape index (κ2) is 5.84. The third-order valence-electron chi connectivity index (χ3n) is 4.79. The van der Waals surface area contributed by atoms with Crippen LogP contribution >= 0.6 is 0 Å². The molecule has 0 aromatic heterocycles. The van der Waals surface area contributed by atoms with Crippen LogP contribution in [-0.2, 0) is 11.0 Å². The molecule has 0 unspecified atom stereocenters. The lowest BCUT2D eigenvalue weighted by atomic mass is 9.95. The van der Waals surface area contributed by atoms with Crippen molar-refractivity contribution in [3.8, 4) is 0 Å². The average molecular weight is 308 g/mol. The van der Waals surface area contributed by atoms with Gasteiger partial charge in [0.15, 0.2) is 8.32 Å². The van der Waals surface area contributed by atoms with E-state index in [1.165, 1.54) is 5.56 Å². The highest BCUT2D eigenvalue weighted by Crippen LogP contribution is 2.37. The summed E-state index contributed by atoms with van der Waals surface area (Å²) in [5.74, 6) is 0. The number of rotatable bonds is 5. The zero-order chi connectivity index (χ0) is 15.7. The van der Waals surface area contributed by atoms with Gasteiger partial charge in [-0.15, -0.1) is 0 Å². The van der Waals surface area contributed by atoms with Gasteiger partial charge < -0.3 is 9.53 Å². The molecule has 0 aliphatic carbocycles. The molecule has 1 aliphatic rings. The first-order chi connectivity index (χ1) is 9.61. The summed E-state index contributed by atoms with van der Waals surface area (Å²) < 4.78 is 6.16. The van der Waals surface area contributed by atoms with E-state index in [9.17, 15) is 5.11 Å². The number of likely N-dealkylation sites (tertiary alicyclic amines) is 1. The Morgan fingerprint density at radius 3 is 2.29 bits per heavy atom. The molecule has 1 aromatic carbocycles. The summed E-state index contributed by atoms with van der Waals surface area (Å²) in [6.07, 6.45) is 0. The Morgan fingerprint density at radius 1 is 1.19 bits per heavy atom. The Morgan fingerprint density at radius 2 is 1.76 bits per heavy atom. The summed E-state index contributed by atoms with van der Waals surface area (Å²) in [4.78, 5) is 2.27. The van der Waals surface area contributed by atoms with Gasteiger partial charge in [0.25, 0.3) is 0 Å². The molecule has 1 saturated heterocycles. The van der Waals surface area contributed by atoms with Gasteiger partial charge in [0.2, 0.25) is 0 Å². The van der Waals surface area contributed by atoms with Crippen molar-refractivity contribution in [3.63, 3.8) is 0 Å². The van der Waals surface area contributed by atoms with Crippen LogP contribution in [0.1, 0.15) is 26.3 Å². The molecule has 0 spiro atoms. The Labute approximate surface area is 130 Å². The Balaban J connectivity index is 1.80. The van der Waals surface area contributed by atoms with E-state index in [0.717, 1.165) is 6.54 Å². The predicted octanol–water partition coefficient (Wildman–Crippen LogP) is 3.26. The molecule has 1 aromatic rings. The normalized spacial score (nSPS) is 19.3. The molecule has 0 atom stereocenters. The monoisotopic (exact) mass is 307 g/mol. The predicted molar refractivity (Wildman–Crippen MR) is 89.8 cm³/mol. The smallest absolute Gasteiger partial charge is 0.192 e. The van der Waals surface area contributed by atoms with Crippen LogP contribution < -0.4 is 0 Å². The molecule has 3 nitrogen and oxygen atoms in total. The summed E-state index contributed by atoms with van der Waals surface area (Å²) in [5, 5.41) is 10.7. The molecule has 2 rings (SSSR count). The molecule has 1 heterocycles. The first kappa shape index (κ1) is 16.7. The quantitative estimate of drug-likeness (QED) is 0.848. The van der Waals surface area contributed by atoms with E-state index in [2.05, 4.69) is 63.0 Å². The summed E-state index contributed by atoms with van der Waals surface area (Å²) in [6, 6.07) is 10.4. The summed E-state index contributed by atoms with van der Waals surface area (Å²) in [5.41, 5.74) is 0.634. The molecule has 21 heavy (non-hydrogen) atoms. The topological polar surface area (TPSA) is 32.7 Å². The molecule has 1 aliphatic heterocycles. The lowest BCUT2D eigenvalue weighted by molar-refractivity contribution is -0.125. The third kappa shape index (κ3) is 4.16. The van der Waals surface area contributed by atoms with Crippen molar-refractivity contribution in [2.45, 2.75) is 51.0 Å². The molecule has 1 fully saturated rings. The van der Waals surface area contributed by atoms with Gasteiger partial charge in [0, 0.05) is 19.6 Å². The van der Waals surface area contributed by atoms with E-state index in [1.807, 2.05) is 6.07 Å². The van der Waals surface area contributed by atoms with Crippen LogP contribution in [-0.4, -0.2) is 43.6 Å². The first-order valence-corrected chi connectivity index (χ1v) is 10.6. The molecular formula is C17H29NO2Si. The van der Waals surface area contributed by atoms with Crippen LogP contribution in [0.4, 0.5) is 0 Å². The van der Waals surface area contributed by atoms with E-state index in [1.54, 1.807) is 0 Å². The number of nitrogens with zero attached hydrogens (tertiary/aromatic N) is 1. The van der Waals surface area contributed by atoms with Crippen molar-refractivity contribution in [1.82, 2.24) is 4.90 Å². The second-order valence-corrected chi connectivity index (χ2v) is 12.7. The minimum atomic E-state index is -1.77. The maximum Gasteiger partial charge on any atom is 0.192 e. The van der Waals surface area contributed by atoms with Crippen LogP contribution in [0.5, 0.6) is 0 Å². The zero-order valence-electron chi connectivity index (χ0n) is 14.0. The van der Waals surface area contributed by atoms with E-state index < -0.39 is 13.9 Å². The van der Waals surface area contributed by atoms with Gasteiger partial charge in [-0.2, -0.15) is 0 Å². The molecule has 4 heteroatoms. The maximum atomic E-state index is 10.5.